The molecule has 1 aromatic heterocycles. The molecule has 0 bridgehead atoms. The van der Waals surface area contributed by atoms with Crippen LogP contribution < -0.4 is 10.9 Å². The van der Waals surface area contributed by atoms with Crippen molar-refractivity contribution in [2.24, 2.45) is 0 Å². The number of pyridine rings is 1. The van der Waals surface area contributed by atoms with Gasteiger partial charge in [-0.25, -0.2) is 5.43 Å². The van der Waals surface area contributed by atoms with Crippen molar-refractivity contribution in [3.8, 4) is 0 Å². The van der Waals surface area contributed by atoms with Crippen LogP contribution in [0.2, 0.25) is 0 Å². The van der Waals surface area contributed by atoms with Crippen LogP contribution in [0.15, 0.2) is 24.5 Å². The number of aliphatic hydroxyl groups is 4. The molecule has 2 rings (SSSR count). The molecule has 1 aliphatic rings. The molecule has 6 N–H and O–H groups in total. The van der Waals surface area contributed by atoms with Crippen LogP contribution >= 0.6 is 0 Å². The van der Waals surface area contributed by atoms with Gasteiger partial charge in [-0.15, -0.1) is 0 Å². The van der Waals surface area contributed by atoms with Crippen molar-refractivity contribution < 1.29 is 30.0 Å². The molecule has 5 atom stereocenters. The van der Waals surface area contributed by atoms with Crippen LogP contribution in [0.25, 0.3) is 0 Å². The number of hydrazine groups is 1. The number of amides is 1. The third-order valence-corrected chi connectivity index (χ3v) is 3.14. The maximum Gasteiger partial charge on any atom is 0.267 e. The molecule has 116 valence electrons. The van der Waals surface area contributed by atoms with Gasteiger partial charge in [0.2, 0.25) is 0 Å². The molecular formula is C12H17N3O6. The maximum absolute atomic E-state index is 11.8. The monoisotopic (exact) mass is 299 g/mol. The molecule has 0 unspecified atom stereocenters. The van der Waals surface area contributed by atoms with Gasteiger partial charge in [0, 0.05) is 12.4 Å². The summed E-state index contributed by atoms with van der Waals surface area (Å²) in [6.45, 7) is -0.542. The first kappa shape index (κ1) is 15.8. The zero-order valence-electron chi connectivity index (χ0n) is 11.0. The predicted octanol–water partition coefficient (Wildman–Crippen LogP) is -2.88. The number of hydrogen-bond donors (Lipinski definition) is 6. The number of ether oxygens (including phenoxy) is 1. The number of aromatic nitrogens is 1. The molecule has 2 heterocycles. The second kappa shape index (κ2) is 6.89. The zero-order chi connectivity index (χ0) is 15.4. The summed E-state index contributed by atoms with van der Waals surface area (Å²) in [6.07, 6.45) is -3.79. The third kappa shape index (κ3) is 3.53. The third-order valence-electron chi connectivity index (χ3n) is 3.14. The van der Waals surface area contributed by atoms with E-state index in [9.17, 15) is 20.1 Å². The van der Waals surface area contributed by atoms with E-state index in [0.29, 0.717) is 0 Å². The van der Waals surface area contributed by atoms with Gasteiger partial charge in [0.05, 0.1) is 12.2 Å². The average Bonchev–Trinajstić information content (AvgIpc) is 2.52. The van der Waals surface area contributed by atoms with Crippen LogP contribution in [-0.4, -0.2) is 68.6 Å². The SMILES string of the molecule is O=C(NN[C@@H]1O[C@H](CO)[C@H](O)[C@H](O)[C@H]1O)c1cccnc1. The highest BCUT2D eigenvalue weighted by molar-refractivity contribution is 5.93. The molecule has 1 aromatic rings. The van der Waals surface area contributed by atoms with Crippen molar-refractivity contribution in [3.63, 3.8) is 0 Å². The second-order valence-electron chi connectivity index (χ2n) is 4.59. The van der Waals surface area contributed by atoms with E-state index in [2.05, 4.69) is 15.8 Å². The van der Waals surface area contributed by atoms with E-state index in [1.807, 2.05) is 0 Å². The van der Waals surface area contributed by atoms with Gasteiger partial charge in [0.25, 0.3) is 5.91 Å². The summed E-state index contributed by atoms with van der Waals surface area (Å²) in [6, 6.07) is 3.13. The lowest BCUT2D eigenvalue weighted by Gasteiger charge is -2.40. The summed E-state index contributed by atoms with van der Waals surface area (Å²) in [7, 11) is 0. The molecule has 0 saturated carbocycles. The van der Waals surface area contributed by atoms with Crippen molar-refractivity contribution in [1.82, 2.24) is 15.8 Å². The summed E-state index contributed by atoms with van der Waals surface area (Å²) < 4.78 is 5.17. The number of rotatable bonds is 4. The normalized spacial score (nSPS) is 32.7. The van der Waals surface area contributed by atoms with Gasteiger partial charge in [0.1, 0.15) is 24.4 Å². The quantitative estimate of drug-likeness (QED) is 0.325. The fraction of sp³-hybridized carbons (Fsp3) is 0.500. The minimum Gasteiger partial charge on any atom is -0.394 e. The number of aliphatic hydroxyl groups excluding tert-OH is 4. The first-order chi connectivity index (χ1) is 10.0. The van der Waals surface area contributed by atoms with Gasteiger partial charge in [0.15, 0.2) is 6.23 Å². The Morgan fingerprint density at radius 3 is 2.67 bits per heavy atom. The summed E-state index contributed by atoms with van der Waals surface area (Å²) in [5.41, 5.74) is 4.98. The van der Waals surface area contributed by atoms with Gasteiger partial charge in [-0.1, -0.05) is 0 Å². The highest BCUT2D eigenvalue weighted by Crippen LogP contribution is 2.19. The van der Waals surface area contributed by atoms with E-state index in [0.717, 1.165) is 0 Å². The molecule has 9 heteroatoms. The van der Waals surface area contributed by atoms with Gasteiger partial charge in [-0.2, -0.15) is 0 Å². The van der Waals surface area contributed by atoms with Crippen molar-refractivity contribution in [2.45, 2.75) is 30.6 Å². The molecule has 1 fully saturated rings. The minimum atomic E-state index is -1.51. The summed E-state index contributed by atoms with van der Waals surface area (Å²) >= 11 is 0. The Morgan fingerprint density at radius 1 is 1.29 bits per heavy atom. The lowest BCUT2D eigenvalue weighted by molar-refractivity contribution is -0.238. The van der Waals surface area contributed by atoms with Crippen LogP contribution in [-0.2, 0) is 4.74 Å². The number of nitrogens with one attached hydrogen (secondary N) is 2. The smallest absolute Gasteiger partial charge is 0.267 e. The Morgan fingerprint density at radius 2 is 2.05 bits per heavy atom. The Labute approximate surface area is 120 Å². The Balaban J connectivity index is 1.94. The van der Waals surface area contributed by atoms with Crippen molar-refractivity contribution in [2.75, 3.05) is 6.61 Å². The second-order valence-corrected chi connectivity index (χ2v) is 4.59. The van der Waals surface area contributed by atoms with Crippen LogP contribution in [0, 0.1) is 0 Å². The van der Waals surface area contributed by atoms with E-state index in [1.54, 1.807) is 6.07 Å². The van der Waals surface area contributed by atoms with Crippen molar-refractivity contribution in [3.05, 3.63) is 30.1 Å². The topological polar surface area (TPSA) is 144 Å². The maximum atomic E-state index is 11.8. The van der Waals surface area contributed by atoms with Gasteiger partial charge < -0.3 is 25.2 Å². The summed E-state index contributed by atoms with van der Waals surface area (Å²) in [4.78, 5) is 15.6. The summed E-state index contributed by atoms with van der Waals surface area (Å²) in [5.74, 6) is -0.514. The predicted molar refractivity (Wildman–Crippen MR) is 68.6 cm³/mol. The highest BCUT2D eigenvalue weighted by Gasteiger charge is 2.43. The fourth-order valence-electron chi connectivity index (χ4n) is 1.93. The van der Waals surface area contributed by atoms with Gasteiger partial charge >= 0.3 is 0 Å². The molecular weight excluding hydrogens is 282 g/mol. The highest BCUT2D eigenvalue weighted by atomic mass is 16.6. The lowest BCUT2D eigenvalue weighted by Crippen LogP contribution is -2.64. The average molecular weight is 299 g/mol. The van der Waals surface area contributed by atoms with E-state index < -0.39 is 43.2 Å². The van der Waals surface area contributed by atoms with E-state index >= 15 is 0 Å². The van der Waals surface area contributed by atoms with Gasteiger partial charge in [-0.3, -0.25) is 15.2 Å². The number of hydrogen-bond acceptors (Lipinski definition) is 8. The molecule has 1 saturated heterocycles. The number of carbonyl (C=O) groups excluding carboxylic acids is 1. The van der Waals surface area contributed by atoms with Crippen LogP contribution in [0.3, 0.4) is 0 Å². The largest absolute Gasteiger partial charge is 0.394 e. The molecule has 21 heavy (non-hydrogen) atoms. The van der Waals surface area contributed by atoms with Crippen LogP contribution in [0.5, 0.6) is 0 Å². The summed E-state index contributed by atoms with van der Waals surface area (Å²) in [5, 5.41) is 38.0. The van der Waals surface area contributed by atoms with E-state index in [-0.39, 0.29) is 5.56 Å². The molecule has 0 radical (unpaired) electrons. The zero-order valence-corrected chi connectivity index (χ0v) is 11.0. The van der Waals surface area contributed by atoms with Crippen LogP contribution in [0.1, 0.15) is 10.4 Å². The Hall–Kier alpha value is -1.62. The number of carbonyl (C=O) groups is 1. The molecule has 1 amide bonds. The Kier molecular flexibility index (Phi) is 5.17. The Bertz CT molecular complexity index is 471. The minimum absolute atomic E-state index is 0.287. The first-order valence-electron chi connectivity index (χ1n) is 6.31. The van der Waals surface area contributed by atoms with Crippen molar-refractivity contribution >= 4 is 5.91 Å². The number of nitrogens with zero attached hydrogens (tertiary/aromatic N) is 1. The van der Waals surface area contributed by atoms with Gasteiger partial charge in [-0.05, 0) is 12.1 Å². The molecule has 9 nitrogen and oxygen atoms in total. The molecule has 0 aromatic carbocycles. The first-order valence-corrected chi connectivity index (χ1v) is 6.31. The van der Waals surface area contributed by atoms with Crippen LogP contribution in [0.4, 0.5) is 0 Å². The van der Waals surface area contributed by atoms with E-state index in [4.69, 9.17) is 9.84 Å². The molecule has 0 aliphatic carbocycles. The standard InChI is InChI=1S/C12H17N3O6/c16-5-7-8(17)9(18)10(19)12(21-7)15-14-11(20)6-2-1-3-13-4-6/h1-4,7-10,12,15-19H,5H2,(H,14,20)/t7-,8+,9+,10-,12-/m1/s1. The van der Waals surface area contributed by atoms with Crippen molar-refractivity contribution in [1.29, 1.82) is 0 Å². The molecule has 0 spiro atoms. The fourth-order valence-corrected chi connectivity index (χ4v) is 1.93. The van der Waals surface area contributed by atoms with E-state index in [1.165, 1.54) is 18.5 Å². The molecule has 1 aliphatic heterocycles. The lowest BCUT2D eigenvalue weighted by atomic mass is 9.99.